The second-order valence-corrected chi connectivity index (χ2v) is 8.21. The maximum Gasteiger partial charge on any atom is 0.113 e. The van der Waals surface area contributed by atoms with Crippen LogP contribution in [-0.4, -0.2) is 23.6 Å². The molecule has 0 aliphatic carbocycles. The molecule has 0 amide bonds. The molecule has 3 nitrogen and oxygen atoms in total. The molecule has 1 saturated heterocycles. The molecule has 0 radical (unpaired) electrons. The summed E-state index contributed by atoms with van der Waals surface area (Å²) >= 11 is 1.81. The molecule has 2 heterocycles. The van der Waals surface area contributed by atoms with Crippen LogP contribution in [0.5, 0.6) is 0 Å². The summed E-state index contributed by atoms with van der Waals surface area (Å²) in [5.74, 6) is 0. The van der Waals surface area contributed by atoms with Crippen molar-refractivity contribution in [2.45, 2.75) is 18.1 Å². The first-order chi connectivity index (χ1) is 13.9. The van der Waals surface area contributed by atoms with E-state index in [1.807, 2.05) is 11.3 Å². The molecule has 140 valence electrons. The Kier molecular flexibility index (Phi) is 4.69. The Morgan fingerprint density at radius 3 is 2.29 bits per heavy atom. The predicted molar refractivity (Wildman–Crippen MR) is 114 cm³/mol. The third-order valence-electron chi connectivity index (χ3n) is 5.43. The van der Waals surface area contributed by atoms with E-state index in [4.69, 9.17) is 9.72 Å². The van der Waals surface area contributed by atoms with E-state index in [9.17, 15) is 0 Å². The van der Waals surface area contributed by atoms with E-state index in [-0.39, 0.29) is 12.1 Å². The van der Waals surface area contributed by atoms with Gasteiger partial charge in [0.1, 0.15) is 5.01 Å². The maximum atomic E-state index is 5.63. The average Bonchev–Trinajstić information content (AvgIpc) is 3.34. The second-order valence-electron chi connectivity index (χ2n) is 7.15. The van der Waals surface area contributed by atoms with Crippen LogP contribution in [0.25, 0.3) is 10.2 Å². The Labute approximate surface area is 169 Å². The second kappa shape index (κ2) is 7.47. The summed E-state index contributed by atoms with van der Waals surface area (Å²) in [6.07, 6.45) is 0. The lowest BCUT2D eigenvalue weighted by Crippen LogP contribution is -2.16. The molecule has 4 atom stereocenters. The van der Waals surface area contributed by atoms with Crippen LogP contribution in [0.3, 0.4) is 0 Å². The van der Waals surface area contributed by atoms with Gasteiger partial charge in [-0.15, -0.1) is 11.3 Å². The molecule has 1 aliphatic heterocycles. The number of aromatic nitrogens is 1. The number of benzene rings is 3. The molecule has 1 aliphatic rings. The van der Waals surface area contributed by atoms with Crippen LogP contribution in [0.1, 0.15) is 34.3 Å². The first-order valence-electron chi connectivity index (χ1n) is 9.58. The molecular formula is C24H22N2OS. The highest BCUT2D eigenvalue weighted by molar-refractivity contribution is 7.18. The van der Waals surface area contributed by atoms with Crippen LogP contribution < -0.4 is 0 Å². The summed E-state index contributed by atoms with van der Waals surface area (Å²) < 4.78 is 6.88. The van der Waals surface area contributed by atoms with Crippen molar-refractivity contribution in [2.24, 2.45) is 0 Å². The number of fused-ring (bicyclic) bond motifs is 1. The van der Waals surface area contributed by atoms with Crippen LogP contribution >= 0.6 is 11.3 Å². The van der Waals surface area contributed by atoms with Crippen molar-refractivity contribution < 1.29 is 4.74 Å². The lowest BCUT2D eigenvalue weighted by atomic mass is 10.1. The molecule has 4 heteroatoms. The van der Waals surface area contributed by atoms with E-state index in [1.54, 1.807) is 7.11 Å². The number of thiazole rings is 1. The summed E-state index contributed by atoms with van der Waals surface area (Å²) in [5.41, 5.74) is 3.71. The molecule has 1 aromatic heterocycles. The van der Waals surface area contributed by atoms with Crippen LogP contribution in [0.15, 0.2) is 84.9 Å². The van der Waals surface area contributed by atoms with Crippen LogP contribution in [0.4, 0.5) is 0 Å². The van der Waals surface area contributed by atoms with Gasteiger partial charge in [-0.3, -0.25) is 4.90 Å². The first kappa shape index (κ1) is 17.6. The number of methoxy groups -OCH3 is 1. The quantitative estimate of drug-likeness (QED) is 0.393. The number of hydrogen-bond donors (Lipinski definition) is 0. The van der Waals surface area contributed by atoms with E-state index in [0.717, 1.165) is 5.52 Å². The molecule has 0 saturated carbocycles. The van der Waals surface area contributed by atoms with Gasteiger partial charge in [0.05, 0.1) is 34.9 Å². The average molecular weight is 387 g/mol. The van der Waals surface area contributed by atoms with Gasteiger partial charge in [-0.25, -0.2) is 4.98 Å². The third-order valence-corrected chi connectivity index (χ3v) is 6.53. The first-order valence-corrected chi connectivity index (χ1v) is 10.4. The lowest BCUT2D eigenvalue weighted by Gasteiger charge is -2.19. The molecule has 1 unspecified atom stereocenters. The maximum absolute atomic E-state index is 5.63. The Bertz CT molecular complexity index is 1030. The summed E-state index contributed by atoms with van der Waals surface area (Å²) in [6, 6.07) is 30.6. The molecule has 28 heavy (non-hydrogen) atoms. The van der Waals surface area contributed by atoms with E-state index in [2.05, 4.69) is 89.8 Å². The van der Waals surface area contributed by atoms with E-state index in [1.165, 1.54) is 20.8 Å². The lowest BCUT2D eigenvalue weighted by molar-refractivity contribution is 0.135. The fraction of sp³-hybridized carbons (Fsp3) is 0.208. The van der Waals surface area contributed by atoms with Gasteiger partial charge >= 0.3 is 0 Å². The standard InChI is InChI=1S/C24H22N2OS/c1-27-16-20(17-10-4-2-5-11-17)26-22(18-12-6-3-7-13-18)23(26)24-25-19-14-8-9-15-21(19)28-24/h2-15,20,22-23H,16H2,1H3/t20-,22-,23-,26?/m0/s1. The van der Waals surface area contributed by atoms with Crippen molar-refractivity contribution in [2.75, 3.05) is 13.7 Å². The number of rotatable bonds is 6. The van der Waals surface area contributed by atoms with Gasteiger partial charge in [-0.05, 0) is 23.3 Å². The number of ether oxygens (including phenoxy) is 1. The Hall–Kier alpha value is -2.53. The van der Waals surface area contributed by atoms with Gasteiger partial charge in [-0.2, -0.15) is 0 Å². The van der Waals surface area contributed by atoms with E-state index < -0.39 is 0 Å². The molecule has 1 fully saturated rings. The van der Waals surface area contributed by atoms with Crippen molar-refractivity contribution >= 4 is 21.6 Å². The van der Waals surface area contributed by atoms with Gasteiger partial charge in [0.2, 0.25) is 0 Å². The van der Waals surface area contributed by atoms with E-state index in [0.29, 0.717) is 12.6 Å². The molecule has 3 aromatic carbocycles. The smallest absolute Gasteiger partial charge is 0.113 e. The van der Waals surface area contributed by atoms with Crippen LogP contribution in [0, 0.1) is 0 Å². The van der Waals surface area contributed by atoms with Crippen molar-refractivity contribution in [3.8, 4) is 0 Å². The number of hydrogen-bond acceptors (Lipinski definition) is 4. The van der Waals surface area contributed by atoms with Gasteiger partial charge < -0.3 is 4.74 Å². The summed E-state index contributed by atoms with van der Waals surface area (Å²) in [5, 5.41) is 1.19. The van der Waals surface area contributed by atoms with Gasteiger partial charge in [-0.1, -0.05) is 72.8 Å². The predicted octanol–water partition coefficient (Wildman–Crippen LogP) is 5.78. The third kappa shape index (κ3) is 3.14. The van der Waals surface area contributed by atoms with Gasteiger partial charge in [0.15, 0.2) is 0 Å². The van der Waals surface area contributed by atoms with Gasteiger partial charge in [0.25, 0.3) is 0 Å². The normalized spacial score (nSPS) is 22.2. The zero-order chi connectivity index (χ0) is 18.9. The highest BCUT2D eigenvalue weighted by Crippen LogP contribution is 2.60. The highest BCUT2D eigenvalue weighted by atomic mass is 32.1. The molecule has 5 rings (SSSR count). The van der Waals surface area contributed by atoms with Gasteiger partial charge in [0, 0.05) is 7.11 Å². The Morgan fingerprint density at radius 1 is 0.893 bits per heavy atom. The zero-order valence-corrected chi connectivity index (χ0v) is 16.5. The topological polar surface area (TPSA) is 25.1 Å². The van der Waals surface area contributed by atoms with Crippen LogP contribution in [0.2, 0.25) is 0 Å². The SMILES string of the molecule is COC[C@@H](c1ccccc1)N1[C@H](c2nc3ccccc3s2)[C@@H]1c1ccccc1. The Balaban J connectivity index is 1.57. The minimum absolute atomic E-state index is 0.202. The summed E-state index contributed by atoms with van der Waals surface area (Å²) in [7, 11) is 1.78. The molecule has 0 spiro atoms. The van der Waals surface area contributed by atoms with Crippen molar-refractivity contribution in [1.82, 2.24) is 9.88 Å². The minimum atomic E-state index is 0.202. The fourth-order valence-corrected chi connectivity index (χ4v) is 5.21. The molecule has 4 aromatic rings. The van der Waals surface area contributed by atoms with E-state index >= 15 is 0 Å². The van der Waals surface area contributed by atoms with Crippen LogP contribution in [-0.2, 0) is 4.74 Å². The van der Waals surface area contributed by atoms with Crippen molar-refractivity contribution in [3.63, 3.8) is 0 Å². The minimum Gasteiger partial charge on any atom is -0.383 e. The van der Waals surface area contributed by atoms with Crippen molar-refractivity contribution in [1.29, 1.82) is 0 Å². The van der Waals surface area contributed by atoms with Crippen molar-refractivity contribution in [3.05, 3.63) is 101 Å². The largest absolute Gasteiger partial charge is 0.383 e. The fourth-order valence-electron chi connectivity index (χ4n) is 4.11. The Morgan fingerprint density at radius 2 is 1.57 bits per heavy atom. The highest BCUT2D eigenvalue weighted by Gasteiger charge is 2.54. The summed E-state index contributed by atoms with van der Waals surface area (Å²) in [6.45, 7) is 0.661. The summed E-state index contributed by atoms with van der Waals surface area (Å²) in [4.78, 5) is 7.52. The molecule has 0 bridgehead atoms. The molecular weight excluding hydrogens is 364 g/mol. The number of nitrogens with zero attached hydrogens (tertiary/aromatic N) is 2. The monoisotopic (exact) mass is 386 g/mol. The number of para-hydroxylation sites is 1. The zero-order valence-electron chi connectivity index (χ0n) is 15.7. The molecule has 0 N–H and O–H groups in total.